The maximum Gasteiger partial charge on any atom is 0.166 e. The van der Waals surface area contributed by atoms with Crippen molar-refractivity contribution in [2.24, 2.45) is 17.8 Å². The lowest BCUT2D eigenvalue weighted by Crippen LogP contribution is -2.25. The van der Waals surface area contributed by atoms with E-state index in [1.807, 2.05) is 6.07 Å². The zero-order valence-electron chi connectivity index (χ0n) is 24.1. The Kier molecular flexibility index (Phi) is 9.50. The van der Waals surface area contributed by atoms with Gasteiger partial charge in [-0.15, -0.1) is 0 Å². The van der Waals surface area contributed by atoms with Crippen LogP contribution in [0.5, 0.6) is 0 Å². The van der Waals surface area contributed by atoms with Gasteiger partial charge in [-0.3, -0.25) is 0 Å². The van der Waals surface area contributed by atoms with E-state index in [4.69, 9.17) is 0 Å². The van der Waals surface area contributed by atoms with Gasteiger partial charge in [0.1, 0.15) is 5.82 Å². The summed E-state index contributed by atoms with van der Waals surface area (Å²) in [5.41, 5.74) is 3.57. The molecule has 0 N–H and O–H groups in total. The van der Waals surface area contributed by atoms with Gasteiger partial charge in [0.2, 0.25) is 0 Å². The first-order valence-electron chi connectivity index (χ1n) is 15.5. The molecule has 0 nitrogen and oxygen atoms in total. The average Bonchev–Trinajstić information content (AvgIpc) is 2.99. The van der Waals surface area contributed by atoms with Crippen molar-refractivity contribution in [3.8, 4) is 22.3 Å². The van der Waals surface area contributed by atoms with Gasteiger partial charge in [-0.25, -0.2) is 13.2 Å². The highest BCUT2D eigenvalue weighted by Gasteiger charge is 2.31. The fourth-order valence-electron chi connectivity index (χ4n) is 7.31. The Morgan fingerprint density at radius 2 is 1.30 bits per heavy atom. The van der Waals surface area contributed by atoms with E-state index in [2.05, 4.69) is 25.1 Å². The number of benzene rings is 3. The predicted molar refractivity (Wildman–Crippen MR) is 161 cm³/mol. The fourth-order valence-corrected chi connectivity index (χ4v) is 7.31. The summed E-state index contributed by atoms with van der Waals surface area (Å²) >= 11 is 0. The van der Waals surface area contributed by atoms with Crippen LogP contribution in [0, 0.1) is 35.2 Å². The summed E-state index contributed by atoms with van der Waals surface area (Å²) in [4.78, 5) is 0. The van der Waals surface area contributed by atoms with Crippen LogP contribution in [0.25, 0.3) is 22.3 Å². The molecule has 0 amide bonds. The Hall–Kier alpha value is -2.81. The number of allylic oxidation sites excluding steroid dienone is 2. The first kappa shape index (κ1) is 28.7. The van der Waals surface area contributed by atoms with E-state index >= 15 is 4.39 Å². The van der Waals surface area contributed by atoms with Crippen LogP contribution in [-0.4, -0.2) is 0 Å². The van der Waals surface area contributed by atoms with Gasteiger partial charge in [0.15, 0.2) is 11.6 Å². The Morgan fingerprint density at radius 1 is 0.700 bits per heavy atom. The highest BCUT2D eigenvalue weighted by molar-refractivity contribution is 5.71. The highest BCUT2D eigenvalue weighted by Crippen LogP contribution is 2.45. The number of rotatable bonds is 8. The van der Waals surface area contributed by atoms with Crippen LogP contribution in [-0.2, 0) is 6.42 Å². The third kappa shape index (κ3) is 6.40. The van der Waals surface area contributed by atoms with E-state index < -0.39 is 11.6 Å². The van der Waals surface area contributed by atoms with E-state index in [9.17, 15) is 8.78 Å². The molecule has 3 aromatic rings. The lowest BCUT2D eigenvalue weighted by atomic mass is 9.68. The van der Waals surface area contributed by atoms with E-state index in [0.29, 0.717) is 29.0 Å². The van der Waals surface area contributed by atoms with Crippen molar-refractivity contribution in [3.05, 3.63) is 95.3 Å². The SMILES string of the molecule is C/C=C/CCC1CCC(C2CCC(c3ccc(-c4ccc(-c5ccc(CC)c(F)c5F)cc4)c(F)c3)CC2)CC1. The second-order valence-corrected chi connectivity index (χ2v) is 12.1. The molecule has 0 bridgehead atoms. The van der Waals surface area contributed by atoms with Gasteiger partial charge in [0, 0.05) is 11.1 Å². The monoisotopic (exact) mass is 544 g/mol. The third-order valence-corrected chi connectivity index (χ3v) is 9.82. The summed E-state index contributed by atoms with van der Waals surface area (Å²) in [7, 11) is 0. The van der Waals surface area contributed by atoms with Crippen molar-refractivity contribution in [2.75, 3.05) is 0 Å². The van der Waals surface area contributed by atoms with Crippen molar-refractivity contribution in [1.29, 1.82) is 0 Å². The van der Waals surface area contributed by atoms with E-state index in [1.165, 1.54) is 51.4 Å². The smallest absolute Gasteiger partial charge is 0.166 e. The van der Waals surface area contributed by atoms with Crippen LogP contribution in [0.2, 0.25) is 0 Å². The van der Waals surface area contributed by atoms with Gasteiger partial charge in [0.25, 0.3) is 0 Å². The summed E-state index contributed by atoms with van der Waals surface area (Å²) < 4.78 is 44.2. The maximum atomic E-state index is 15.3. The molecule has 0 unspecified atom stereocenters. The molecule has 0 aliphatic heterocycles. The van der Waals surface area contributed by atoms with Crippen LogP contribution < -0.4 is 0 Å². The molecular formula is C37H43F3. The number of hydrogen-bond acceptors (Lipinski definition) is 0. The van der Waals surface area contributed by atoms with Gasteiger partial charge in [-0.2, -0.15) is 0 Å². The molecule has 0 atom stereocenters. The molecule has 3 aromatic carbocycles. The molecule has 0 saturated heterocycles. The molecule has 2 saturated carbocycles. The molecule has 0 heterocycles. The molecule has 0 aromatic heterocycles. The molecule has 5 rings (SSSR count). The van der Waals surface area contributed by atoms with Gasteiger partial charge in [-0.1, -0.05) is 80.4 Å². The van der Waals surface area contributed by atoms with Gasteiger partial charge in [-0.05, 0) is 117 Å². The number of hydrogen-bond donors (Lipinski definition) is 0. The molecule has 0 radical (unpaired) electrons. The quantitative estimate of drug-likeness (QED) is 0.247. The maximum absolute atomic E-state index is 15.3. The fraction of sp³-hybridized carbons (Fsp3) is 0.459. The van der Waals surface area contributed by atoms with Crippen molar-refractivity contribution < 1.29 is 13.2 Å². The van der Waals surface area contributed by atoms with Crippen molar-refractivity contribution >= 4 is 0 Å². The first-order valence-corrected chi connectivity index (χ1v) is 15.5. The topological polar surface area (TPSA) is 0 Å². The molecule has 40 heavy (non-hydrogen) atoms. The Balaban J connectivity index is 1.18. The normalized spacial score (nSPS) is 23.5. The van der Waals surface area contributed by atoms with Crippen LogP contribution in [0.15, 0.2) is 66.7 Å². The Bertz CT molecular complexity index is 1290. The second-order valence-electron chi connectivity index (χ2n) is 12.1. The van der Waals surface area contributed by atoms with Crippen LogP contribution >= 0.6 is 0 Å². The van der Waals surface area contributed by atoms with Gasteiger partial charge in [0.05, 0.1) is 0 Å². The van der Waals surface area contributed by atoms with E-state index in [1.54, 1.807) is 49.4 Å². The zero-order valence-corrected chi connectivity index (χ0v) is 24.1. The lowest BCUT2D eigenvalue weighted by Gasteiger charge is -2.38. The largest absolute Gasteiger partial charge is 0.206 e. The molecular weight excluding hydrogens is 501 g/mol. The Labute approximate surface area is 238 Å². The standard InChI is InChI=1S/C37H43F3/c1-3-5-6-7-25-8-10-27(11-9-25)28-12-14-29(15-13-28)32-21-22-33(35(38)24-32)30-16-18-31(19-17-30)34-23-20-26(4-2)36(39)37(34)40/h3,5,16-25,27-29H,4,6-15H2,1-2H3/b5-3+. The minimum Gasteiger partial charge on any atom is -0.206 e. The molecule has 2 aliphatic rings. The minimum atomic E-state index is -0.829. The highest BCUT2D eigenvalue weighted by atomic mass is 19.2. The van der Waals surface area contributed by atoms with E-state index in [0.717, 1.165) is 41.7 Å². The summed E-state index contributed by atoms with van der Waals surface area (Å²) in [6.07, 6.45) is 17.9. The van der Waals surface area contributed by atoms with Gasteiger partial charge < -0.3 is 0 Å². The number of halogens is 3. The van der Waals surface area contributed by atoms with Crippen LogP contribution in [0.4, 0.5) is 13.2 Å². The molecule has 212 valence electrons. The van der Waals surface area contributed by atoms with Crippen molar-refractivity contribution in [1.82, 2.24) is 0 Å². The van der Waals surface area contributed by atoms with Crippen LogP contribution in [0.3, 0.4) is 0 Å². The van der Waals surface area contributed by atoms with Crippen molar-refractivity contribution in [2.45, 2.75) is 90.4 Å². The molecule has 2 aliphatic carbocycles. The summed E-state index contributed by atoms with van der Waals surface area (Å²) in [6, 6.07) is 16.0. The first-order chi connectivity index (χ1) is 19.5. The summed E-state index contributed by atoms with van der Waals surface area (Å²) in [6.45, 7) is 3.91. The molecule has 3 heteroatoms. The number of aryl methyl sites for hydroxylation is 1. The molecule has 0 spiro atoms. The van der Waals surface area contributed by atoms with Crippen LogP contribution in [0.1, 0.15) is 95.1 Å². The zero-order chi connectivity index (χ0) is 28.1. The minimum absolute atomic E-state index is 0.215. The second kappa shape index (κ2) is 13.2. The third-order valence-electron chi connectivity index (χ3n) is 9.82. The van der Waals surface area contributed by atoms with Crippen molar-refractivity contribution in [3.63, 3.8) is 0 Å². The Morgan fingerprint density at radius 3 is 1.90 bits per heavy atom. The lowest BCUT2D eigenvalue weighted by molar-refractivity contribution is 0.157. The summed E-state index contributed by atoms with van der Waals surface area (Å²) in [5.74, 6) is 1.24. The predicted octanol–water partition coefficient (Wildman–Crippen LogP) is 11.4. The van der Waals surface area contributed by atoms with Gasteiger partial charge >= 0.3 is 0 Å². The summed E-state index contributed by atoms with van der Waals surface area (Å²) in [5, 5.41) is 0. The molecule has 2 fully saturated rings. The average molecular weight is 545 g/mol. The van der Waals surface area contributed by atoms with E-state index in [-0.39, 0.29) is 11.4 Å².